The molecular weight excluding hydrogens is 578 g/mol. The number of benzene rings is 6. The lowest BCUT2D eigenvalue weighted by molar-refractivity contribution is -0.415. The Hall–Kier alpha value is -4.55. The van der Waals surface area contributed by atoms with Crippen LogP contribution in [0.25, 0.3) is 0 Å². The molecule has 0 amide bonds. The molecule has 0 saturated carbocycles. The normalized spacial score (nSPS) is 10.8. The minimum atomic E-state index is -2.33. The van der Waals surface area contributed by atoms with Crippen molar-refractivity contribution in [3.05, 3.63) is 182 Å². The van der Waals surface area contributed by atoms with Gasteiger partial charge in [0.2, 0.25) is 0 Å². The average molecular weight is 615 g/mol. The summed E-state index contributed by atoms with van der Waals surface area (Å²) in [4.78, 5) is 8.33. The molecule has 6 aromatic carbocycles. The first-order chi connectivity index (χ1) is 21.4. The minimum Gasteiger partial charge on any atom is -0.652 e. The van der Waals surface area contributed by atoms with Gasteiger partial charge < -0.3 is 15.0 Å². The van der Waals surface area contributed by atoms with Gasteiger partial charge in [0.05, 0.1) is 13.3 Å². The van der Waals surface area contributed by atoms with Gasteiger partial charge in [-0.1, -0.05) is 109 Å². The average Bonchev–Trinajstić information content (AvgIpc) is 3.10. The predicted octanol–water partition coefficient (Wildman–Crippen LogP) is 4.77. The molecule has 0 radical (unpaired) electrons. The Morgan fingerprint density at radius 3 is 0.568 bits per heavy atom. The molecule has 0 N–H and O–H groups in total. The summed E-state index contributed by atoms with van der Waals surface area (Å²) in [5.74, 6) is 0. The third-order valence-electron chi connectivity index (χ3n) is 7.64. The maximum Gasteiger partial charge on any atom is 0.109 e. The van der Waals surface area contributed by atoms with Crippen LogP contribution in [0.15, 0.2) is 182 Å². The van der Waals surface area contributed by atoms with Crippen molar-refractivity contribution in [3.63, 3.8) is 0 Å². The van der Waals surface area contributed by atoms with Crippen LogP contribution >= 0.6 is 14.5 Å². The summed E-state index contributed by atoms with van der Waals surface area (Å²) in [7, 11) is -3.05. The Kier molecular flexibility index (Phi) is 11.6. The Morgan fingerprint density at radius 2 is 0.455 bits per heavy atom. The number of hydrogen-bond donors (Lipinski definition) is 0. The number of rotatable bonds is 6. The van der Waals surface area contributed by atoms with Crippen molar-refractivity contribution < 1.29 is 15.0 Å². The highest BCUT2D eigenvalue weighted by molar-refractivity contribution is 7.95. The van der Waals surface area contributed by atoms with Crippen LogP contribution in [0, 0.1) is 0 Å². The van der Waals surface area contributed by atoms with E-state index in [2.05, 4.69) is 195 Å². The number of carbonyl (C=O) groups is 1. The van der Waals surface area contributed by atoms with Gasteiger partial charge in [-0.15, -0.1) is 0 Å². The van der Waals surface area contributed by atoms with Crippen LogP contribution in [0.5, 0.6) is 0 Å². The monoisotopic (exact) mass is 614 g/mol. The summed E-state index contributed by atoms with van der Waals surface area (Å²) in [6.07, 6.45) is -2.33. The smallest absolute Gasteiger partial charge is 0.109 e. The topological polar surface area (TPSA) is 63.2 Å². The molecule has 0 aromatic heterocycles. The number of carboxylic acid groups (broad SMARTS) is 2. The molecule has 0 unspecified atom stereocenters. The van der Waals surface area contributed by atoms with Crippen LogP contribution in [0.4, 0.5) is 4.79 Å². The highest BCUT2D eigenvalue weighted by Crippen LogP contribution is 2.52. The van der Waals surface area contributed by atoms with Crippen molar-refractivity contribution in [2.75, 3.05) is 13.3 Å². The van der Waals surface area contributed by atoms with Gasteiger partial charge in [0, 0.05) is 0 Å². The first-order valence-electron chi connectivity index (χ1n) is 14.3. The highest BCUT2D eigenvalue weighted by atomic mass is 31.2. The molecule has 0 aliphatic rings. The molecule has 6 aromatic rings. The third kappa shape index (κ3) is 7.88. The van der Waals surface area contributed by atoms with Gasteiger partial charge in [0.15, 0.2) is 0 Å². The summed E-state index contributed by atoms with van der Waals surface area (Å²) in [5, 5.41) is 25.2. The van der Waals surface area contributed by atoms with E-state index < -0.39 is 20.7 Å². The van der Waals surface area contributed by atoms with E-state index in [1.165, 1.54) is 31.8 Å². The molecule has 0 bridgehead atoms. The number of hydrogen-bond acceptors (Lipinski definition) is 3. The minimum absolute atomic E-state index is 1.43. The van der Waals surface area contributed by atoms with E-state index in [4.69, 9.17) is 15.0 Å². The molecule has 44 heavy (non-hydrogen) atoms. The van der Waals surface area contributed by atoms with Gasteiger partial charge >= 0.3 is 0 Å². The zero-order valence-corrected chi connectivity index (χ0v) is 26.7. The summed E-state index contributed by atoms with van der Waals surface area (Å²) in [6.45, 7) is 4.82. The van der Waals surface area contributed by atoms with Gasteiger partial charge in [-0.3, -0.25) is 0 Å². The molecule has 6 rings (SSSR count). The van der Waals surface area contributed by atoms with Gasteiger partial charge in [-0.25, -0.2) is 0 Å². The molecular formula is C39H36O3P2. The number of carbonyl (C=O) groups excluding carboxylic acids is 1. The van der Waals surface area contributed by atoms with Crippen LogP contribution in [0.1, 0.15) is 0 Å². The molecule has 0 atom stereocenters. The highest BCUT2D eigenvalue weighted by Gasteiger charge is 2.40. The van der Waals surface area contributed by atoms with Crippen LogP contribution in [-0.2, 0) is 0 Å². The maximum atomic E-state index is 8.33. The quantitative estimate of drug-likeness (QED) is 0.254. The second-order valence-corrected chi connectivity index (χ2v) is 17.4. The van der Waals surface area contributed by atoms with Crippen LogP contribution < -0.4 is 42.0 Å². The molecule has 0 aliphatic heterocycles. The summed E-state index contributed by atoms with van der Waals surface area (Å²) < 4.78 is 0. The van der Waals surface area contributed by atoms with Gasteiger partial charge in [0.1, 0.15) is 46.4 Å². The molecule has 5 heteroatoms. The van der Waals surface area contributed by atoms with Gasteiger partial charge in [-0.2, -0.15) is 0 Å². The van der Waals surface area contributed by atoms with Crippen molar-refractivity contribution in [2.24, 2.45) is 0 Å². The lowest BCUT2D eigenvalue weighted by atomic mass is 10.4. The van der Waals surface area contributed by atoms with Gasteiger partial charge in [0.25, 0.3) is 0 Å². The SMILES string of the molecule is C[P+](c1ccccc1)(c1ccccc1)c1ccccc1.C[P+](c1ccccc1)(c1ccccc1)c1ccccc1.O=C([O-])[O-]. The maximum absolute atomic E-state index is 8.33. The van der Waals surface area contributed by atoms with E-state index >= 15 is 0 Å². The van der Waals surface area contributed by atoms with E-state index in [0.29, 0.717) is 0 Å². The van der Waals surface area contributed by atoms with E-state index in [0.717, 1.165) is 0 Å². The molecule has 0 aliphatic carbocycles. The van der Waals surface area contributed by atoms with E-state index in [1.54, 1.807) is 0 Å². The molecule has 3 nitrogen and oxygen atoms in total. The molecule has 0 saturated heterocycles. The fourth-order valence-corrected chi connectivity index (χ4v) is 11.7. The fraction of sp³-hybridized carbons (Fsp3) is 0.0513. The Balaban J connectivity index is 0.000000179. The molecule has 0 heterocycles. The molecule has 220 valence electrons. The second kappa shape index (κ2) is 15.8. The lowest BCUT2D eigenvalue weighted by Crippen LogP contribution is -2.37. The van der Waals surface area contributed by atoms with Crippen LogP contribution in [-0.4, -0.2) is 19.5 Å². The van der Waals surface area contributed by atoms with Crippen molar-refractivity contribution in [3.8, 4) is 0 Å². The third-order valence-corrected chi connectivity index (χ3v) is 15.6. The standard InChI is InChI=1S/2C19H18P.CH2O3/c2*1-20(17-11-5-2-6-12-17,18-13-7-3-8-14-18)19-15-9-4-10-16-19;2-1(3)4/h2*2-16H,1H3;(H2,2,3,4)/q2*+1;/p-2. The van der Waals surface area contributed by atoms with Crippen molar-refractivity contribution >= 4 is 52.5 Å². The first kappa shape index (κ1) is 32.4. The van der Waals surface area contributed by atoms with Crippen molar-refractivity contribution in [2.45, 2.75) is 0 Å². The first-order valence-corrected chi connectivity index (χ1v) is 18.8. The molecule has 0 fully saturated rings. The Labute approximate surface area is 262 Å². The summed E-state index contributed by atoms with van der Waals surface area (Å²) in [5.41, 5.74) is 0. The fourth-order valence-electron chi connectivity index (χ4n) is 5.25. The predicted molar refractivity (Wildman–Crippen MR) is 188 cm³/mol. The summed E-state index contributed by atoms with van der Waals surface area (Å²) >= 11 is 0. The Bertz CT molecular complexity index is 1360. The van der Waals surface area contributed by atoms with E-state index in [-0.39, 0.29) is 0 Å². The van der Waals surface area contributed by atoms with E-state index in [9.17, 15) is 0 Å². The largest absolute Gasteiger partial charge is 0.652 e. The Morgan fingerprint density at radius 1 is 0.341 bits per heavy atom. The molecule has 0 spiro atoms. The van der Waals surface area contributed by atoms with Crippen molar-refractivity contribution in [1.82, 2.24) is 0 Å². The van der Waals surface area contributed by atoms with Gasteiger partial charge in [-0.05, 0) is 79.0 Å². The second-order valence-electron chi connectivity index (χ2n) is 10.3. The lowest BCUT2D eigenvalue weighted by Gasteiger charge is -2.22. The van der Waals surface area contributed by atoms with Crippen molar-refractivity contribution in [1.29, 1.82) is 0 Å². The zero-order chi connectivity index (χ0) is 31.3. The van der Waals surface area contributed by atoms with Crippen LogP contribution in [0.2, 0.25) is 0 Å². The summed E-state index contributed by atoms with van der Waals surface area (Å²) in [6, 6.07) is 65.3. The van der Waals surface area contributed by atoms with Crippen LogP contribution in [0.3, 0.4) is 0 Å². The van der Waals surface area contributed by atoms with E-state index in [1.807, 2.05) is 0 Å². The zero-order valence-electron chi connectivity index (χ0n) is 24.9.